The summed E-state index contributed by atoms with van der Waals surface area (Å²) in [7, 11) is 2.26. The molecule has 34 heavy (non-hydrogen) atoms. The minimum Gasteiger partial charge on any atom is -0.444 e. The average Bonchev–Trinajstić information content (AvgIpc) is 2.98. The SMILES string of the molecule is CN1C2CCC1CC(N(C(=O)OC(C)(C)C)C1CN(C(c3ccccc3)c3ccccc3)C1)C2. The van der Waals surface area contributed by atoms with E-state index in [-0.39, 0.29) is 24.2 Å². The van der Waals surface area contributed by atoms with Crippen molar-refractivity contribution >= 4 is 6.09 Å². The molecule has 2 atom stereocenters. The van der Waals surface area contributed by atoms with Crippen LogP contribution >= 0.6 is 0 Å². The predicted molar refractivity (Wildman–Crippen MR) is 136 cm³/mol. The van der Waals surface area contributed by atoms with Crippen molar-refractivity contribution in [3.8, 4) is 0 Å². The van der Waals surface area contributed by atoms with Crippen LogP contribution in [0.2, 0.25) is 0 Å². The number of likely N-dealkylation sites (tertiary alicyclic amines) is 1. The zero-order chi connectivity index (χ0) is 23.9. The minimum absolute atomic E-state index is 0.137. The molecule has 3 fully saturated rings. The van der Waals surface area contributed by atoms with E-state index in [1.807, 2.05) is 20.8 Å². The maximum Gasteiger partial charge on any atom is 0.410 e. The Labute approximate surface area is 204 Å². The van der Waals surface area contributed by atoms with Crippen molar-refractivity contribution in [2.24, 2.45) is 0 Å². The third kappa shape index (κ3) is 4.73. The Morgan fingerprint density at radius 2 is 1.38 bits per heavy atom. The number of carbonyl (C=O) groups excluding carboxylic acids is 1. The summed E-state index contributed by atoms with van der Waals surface area (Å²) in [6.45, 7) is 7.64. The number of fused-ring (bicyclic) bond motifs is 2. The molecule has 3 saturated heterocycles. The largest absolute Gasteiger partial charge is 0.444 e. The summed E-state index contributed by atoms with van der Waals surface area (Å²) in [5.74, 6) is 0. The van der Waals surface area contributed by atoms with Gasteiger partial charge in [0.05, 0.1) is 12.1 Å². The number of hydrogen-bond donors (Lipinski definition) is 0. The number of ether oxygens (including phenoxy) is 1. The lowest BCUT2D eigenvalue weighted by molar-refractivity contribution is -0.0483. The Kier molecular flexibility index (Phi) is 6.43. The fourth-order valence-corrected chi connectivity index (χ4v) is 6.28. The maximum absolute atomic E-state index is 13.5. The third-order valence-electron chi connectivity index (χ3n) is 7.95. The Balaban J connectivity index is 1.37. The number of benzene rings is 2. The van der Waals surface area contributed by atoms with Gasteiger partial charge >= 0.3 is 6.09 Å². The van der Waals surface area contributed by atoms with Crippen LogP contribution in [0.4, 0.5) is 4.79 Å². The number of amides is 1. The van der Waals surface area contributed by atoms with Crippen LogP contribution in [0.5, 0.6) is 0 Å². The van der Waals surface area contributed by atoms with E-state index in [0.717, 1.165) is 25.9 Å². The number of piperidine rings is 1. The molecule has 0 saturated carbocycles. The van der Waals surface area contributed by atoms with Crippen molar-refractivity contribution in [1.29, 1.82) is 0 Å². The molecule has 2 bridgehead atoms. The molecule has 1 amide bonds. The molecule has 2 aromatic rings. The summed E-state index contributed by atoms with van der Waals surface area (Å²) in [5, 5.41) is 0. The second kappa shape index (κ2) is 9.35. The Morgan fingerprint density at radius 3 is 1.85 bits per heavy atom. The van der Waals surface area contributed by atoms with Gasteiger partial charge in [0.15, 0.2) is 0 Å². The van der Waals surface area contributed by atoms with Crippen molar-refractivity contribution < 1.29 is 9.53 Å². The normalized spacial score (nSPS) is 25.9. The van der Waals surface area contributed by atoms with Gasteiger partial charge < -0.3 is 9.64 Å². The summed E-state index contributed by atoms with van der Waals surface area (Å²) in [4.78, 5) is 20.7. The summed E-state index contributed by atoms with van der Waals surface area (Å²) in [5.41, 5.74) is 2.11. The zero-order valence-corrected chi connectivity index (χ0v) is 21.1. The molecule has 0 aromatic heterocycles. The molecule has 0 aliphatic carbocycles. The summed E-state index contributed by atoms with van der Waals surface area (Å²) in [6, 6.07) is 23.3. The molecule has 3 aliphatic heterocycles. The molecule has 0 spiro atoms. The van der Waals surface area contributed by atoms with Crippen molar-refractivity contribution in [2.75, 3.05) is 20.1 Å². The van der Waals surface area contributed by atoms with E-state index in [1.54, 1.807) is 0 Å². The molecule has 2 aromatic carbocycles. The van der Waals surface area contributed by atoms with E-state index in [4.69, 9.17) is 4.74 Å². The number of carbonyl (C=O) groups is 1. The van der Waals surface area contributed by atoms with Gasteiger partial charge in [0.2, 0.25) is 0 Å². The van der Waals surface area contributed by atoms with Crippen LogP contribution in [0.1, 0.15) is 63.6 Å². The molecule has 5 heteroatoms. The molecule has 2 unspecified atom stereocenters. The summed E-state index contributed by atoms with van der Waals surface area (Å²) in [6.07, 6.45) is 4.48. The van der Waals surface area contributed by atoms with Crippen molar-refractivity contribution in [1.82, 2.24) is 14.7 Å². The van der Waals surface area contributed by atoms with Gasteiger partial charge in [-0.3, -0.25) is 9.80 Å². The first-order valence-electron chi connectivity index (χ1n) is 12.9. The van der Waals surface area contributed by atoms with Crippen LogP contribution in [-0.2, 0) is 4.74 Å². The molecule has 5 rings (SSSR count). The third-order valence-corrected chi connectivity index (χ3v) is 7.95. The van der Waals surface area contributed by atoms with Gasteiger partial charge in [-0.1, -0.05) is 60.7 Å². The number of hydrogen-bond acceptors (Lipinski definition) is 4. The highest BCUT2D eigenvalue weighted by atomic mass is 16.6. The monoisotopic (exact) mass is 461 g/mol. The lowest BCUT2D eigenvalue weighted by Crippen LogP contribution is -2.65. The highest BCUT2D eigenvalue weighted by Crippen LogP contribution is 2.40. The Morgan fingerprint density at radius 1 is 0.882 bits per heavy atom. The molecule has 0 N–H and O–H groups in total. The molecule has 0 radical (unpaired) electrons. The first kappa shape index (κ1) is 23.4. The van der Waals surface area contributed by atoms with E-state index < -0.39 is 5.60 Å². The number of nitrogens with zero attached hydrogens (tertiary/aromatic N) is 3. The standard InChI is InChI=1S/C29H39N3O2/c1-29(2,3)34-28(33)32(25-17-23-15-16-24(18-25)30(23)4)26-19-31(20-26)27(21-11-7-5-8-12-21)22-13-9-6-10-14-22/h5-14,23-27H,15-20H2,1-4H3. The summed E-state index contributed by atoms with van der Waals surface area (Å²) < 4.78 is 5.95. The van der Waals surface area contributed by atoms with Crippen LogP contribution in [0.3, 0.4) is 0 Å². The van der Waals surface area contributed by atoms with Gasteiger partial charge in [0, 0.05) is 31.2 Å². The first-order chi connectivity index (χ1) is 16.3. The molecule has 3 heterocycles. The molecule has 182 valence electrons. The lowest BCUT2D eigenvalue weighted by Gasteiger charge is -2.52. The van der Waals surface area contributed by atoms with E-state index in [1.165, 1.54) is 24.0 Å². The maximum atomic E-state index is 13.5. The topological polar surface area (TPSA) is 36.0 Å². The van der Waals surface area contributed by atoms with Crippen molar-refractivity contribution in [2.45, 2.75) is 82.3 Å². The second-order valence-corrected chi connectivity index (χ2v) is 11.4. The van der Waals surface area contributed by atoms with Crippen molar-refractivity contribution in [3.63, 3.8) is 0 Å². The first-order valence-corrected chi connectivity index (χ1v) is 12.9. The van der Waals surface area contributed by atoms with Gasteiger partial charge in [0.1, 0.15) is 5.60 Å². The van der Waals surface area contributed by atoms with E-state index in [9.17, 15) is 4.79 Å². The highest BCUT2D eigenvalue weighted by molar-refractivity contribution is 5.69. The van der Waals surface area contributed by atoms with Gasteiger partial charge in [-0.2, -0.15) is 0 Å². The highest BCUT2D eigenvalue weighted by Gasteiger charge is 2.47. The molecular weight excluding hydrogens is 422 g/mol. The quantitative estimate of drug-likeness (QED) is 0.604. The number of rotatable bonds is 5. The van der Waals surface area contributed by atoms with Gasteiger partial charge in [0.25, 0.3) is 0 Å². The summed E-state index contributed by atoms with van der Waals surface area (Å²) >= 11 is 0. The predicted octanol–water partition coefficient (Wildman–Crippen LogP) is 5.32. The minimum atomic E-state index is -0.486. The average molecular weight is 462 g/mol. The smallest absolute Gasteiger partial charge is 0.410 e. The zero-order valence-electron chi connectivity index (χ0n) is 21.1. The van der Waals surface area contributed by atoms with E-state index >= 15 is 0 Å². The van der Waals surface area contributed by atoms with Crippen LogP contribution in [0.25, 0.3) is 0 Å². The fraction of sp³-hybridized carbons (Fsp3) is 0.552. The van der Waals surface area contributed by atoms with Crippen LogP contribution < -0.4 is 0 Å². The molecule has 3 aliphatic rings. The van der Waals surface area contributed by atoms with Crippen LogP contribution in [0, 0.1) is 0 Å². The lowest BCUT2D eigenvalue weighted by atomic mass is 9.90. The van der Waals surface area contributed by atoms with Crippen molar-refractivity contribution in [3.05, 3.63) is 71.8 Å². The second-order valence-electron chi connectivity index (χ2n) is 11.4. The molecule has 5 nitrogen and oxygen atoms in total. The van der Waals surface area contributed by atoms with Crippen LogP contribution in [-0.4, -0.2) is 70.7 Å². The Hall–Kier alpha value is -2.37. The van der Waals surface area contributed by atoms with Crippen LogP contribution in [0.15, 0.2) is 60.7 Å². The van der Waals surface area contributed by atoms with Gasteiger partial charge in [-0.05, 0) is 64.6 Å². The fourth-order valence-electron chi connectivity index (χ4n) is 6.28. The van der Waals surface area contributed by atoms with E-state index in [2.05, 4.69) is 82.4 Å². The Bertz CT molecular complexity index is 914. The van der Waals surface area contributed by atoms with E-state index in [0.29, 0.717) is 12.1 Å². The van der Waals surface area contributed by atoms with Gasteiger partial charge in [-0.25, -0.2) is 4.79 Å². The van der Waals surface area contributed by atoms with Gasteiger partial charge in [-0.15, -0.1) is 0 Å². The molecular formula is C29H39N3O2.